The predicted molar refractivity (Wildman–Crippen MR) is 78.3 cm³/mol. The molecule has 0 radical (unpaired) electrons. The Hall–Kier alpha value is -1.10. The number of benzene rings is 1. The van der Waals surface area contributed by atoms with Gasteiger partial charge in [-0.05, 0) is 37.6 Å². The van der Waals surface area contributed by atoms with Crippen LogP contribution < -0.4 is 10.5 Å². The van der Waals surface area contributed by atoms with Gasteiger partial charge >= 0.3 is 0 Å². The summed E-state index contributed by atoms with van der Waals surface area (Å²) in [6.45, 7) is 5.84. The molecule has 0 amide bonds. The van der Waals surface area contributed by atoms with E-state index >= 15 is 0 Å². The Labute approximate surface area is 116 Å². The summed E-state index contributed by atoms with van der Waals surface area (Å²) in [6.07, 6.45) is 1.03. The van der Waals surface area contributed by atoms with Crippen molar-refractivity contribution in [3.8, 4) is 5.75 Å². The third-order valence-corrected chi connectivity index (χ3v) is 3.22. The van der Waals surface area contributed by atoms with Crippen LogP contribution in [-0.2, 0) is 0 Å². The Morgan fingerprint density at radius 3 is 2.63 bits per heavy atom. The van der Waals surface area contributed by atoms with E-state index < -0.39 is 0 Å². The standard InChI is InChI=1S/C15H26N2O2/c1-4-8-17(9-10-18)15(12(2)16)13-6-5-7-14(11-13)19-3/h5-7,11-12,15,18H,4,8-10,16H2,1-3H3. The van der Waals surface area contributed by atoms with Gasteiger partial charge in [0.25, 0.3) is 0 Å². The van der Waals surface area contributed by atoms with E-state index in [4.69, 9.17) is 10.5 Å². The number of methoxy groups -OCH3 is 1. The normalized spacial score (nSPS) is 14.4. The first-order valence-electron chi connectivity index (χ1n) is 6.88. The average molecular weight is 266 g/mol. The molecule has 4 nitrogen and oxygen atoms in total. The summed E-state index contributed by atoms with van der Waals surface area (Å²) < 4.78 is 5.28. The third kappa shape index (κ3) is 4.49. The van der Waals surface area contributed by atoms with Crippen molar-refractivity contribution < 1.29 is 9.84 Å². The summed E-state index contributed by atoms with van der Waals surface area (Å²) >= 11 is 0. The molecule has 0 aliphatic carbocycles. The van der Waals surface area contributed by atoms with Crippen LogP contribution in [0.1, 0.15) is 31.9 Å². The van der Waals surface area contributed by atoms with Crippen molar-refractivity contribution >= 4 is 0 Å². The maximum atomic E-state index is 9.23. The molecule has 108 valence electrons. The summed E-state index contributed by atoms with van der Waals surface area (Å²) in [4.78, 5) is 2.24. The largest absolute Gasteiger partial charge is 0.497 e. The van der Waals surface area contributed by atoms with Crippen LogP contribution >= 0.6 is 0 Å². The topological polar surface area (TPSA) is 58.7 Å². The van der Waals surface area contributed by atoms with Gasteiger partial charge in [-0.2, -0.15) is 0 Å². The molecule has 3 N–H and O–H groups in total. The molecular formula is C15H26N2O2. The highest BCUT2D eigenvalue weighted by atomic mass is 16.5. The Bertz CT molecular complexity index is 363. The minimum absolute atomic E-state index is 0.00907. The monoisotopic (exact) mass is 266 g/mol. The molecule has 2 atom stereocenters. The summed E-state index contributed by atoms with van der Waals surface area (Å²) in [5, 5.41) is 9.23. The predicted octanol–water partition coefficient (Wildman–Crippen LogP) is 1.79. The van der Waals surface area contributed by atoms with E-state index in [-0.39, 0.29) is 18.7 Å². The summed E-state index contributed by atoms with van der Waals surface area (Å²) in [5.41, 5.74) is 7.29. The van der Waals surface area contributed by atoms with Gasteiger partial charge < -0.3 is 15.6 Å². The zero-order chi connectivity index (χ0) is 14.3. The van der Waals surface area contributed by atoms with E-state index in [1.807, 2.05) is 25.1 Å². The maximum absolute atomic E-state index is 9.23. The number of hydrogen-bond acceptors (Lipinski definition) is 4. The number of aliphatic hydroxyl groups excluding tert-OH is 1. The highest BCUT2D eigenvalue weighted by molar-refractivity contribution is 5.31. The highest BCUT2D eigenvalue weighted by Gasteiger charge is 2.23. The van der Waals surface area contributed by atoms with Gasteiger partial charge in [0, 0.05) is 18.6 Å². The molecule has 0 aromatic heterocycles. The highest BCUT2D eigenvalue weighted by Crippen LogP contribution is 2.26. The fourth-order valence-electron chi connectivity index (χ4n) is 2.48. The van der Waals surface area contributed by atoms with E-state index in [0.29, 0.717) is 6.54 Å². The van der Waals surface area contributed by atoms with Crippen molar-refractivity contribution in [1.82, 2.24) is 4.90 Å². The summed E-state index contributed by atoms with van der Waals surface area (Å²) in [5.74, 6) is 0.837. The number of nitrogens with zero attached hydrogens (tertiary/aromatic N) is 1. The van der Waals surface area contributed by atoms with Gasteiger partial charge in [0.2, 0.25) is 0 Å². The molecule has 0 fully saturated rings. The molecule has 0 saturated heterocycles. The van der Waals surface area contributed by atoms with Gasteiger partial charge in [-0.1, -0.05) is 19.1 Å². The van der Waals surface area contributed by atoms with Crippen molar-refractivity contribution in [2.45, 2.75) is 32.4 Å². The van der Waals surface area contributed by atoms with Crippen LogP contribution in [0.4, 0.5) is 0 Å². The van der Waals surface area contributed by atoms with E-state index in [2.05, 4.69) is 17.9 Å². The molecule has 1 aromatic carbocycles. The Morgan fingerprint density at radius 1 is 1.37 bits per heavy atom. The molecule has 2 unspecified atom stereocenters. The third-order valence-electron chi connectivity index (χ3n) is 3.22. The second kappa shape index (κ2) is 8.15. The van der Waals surface area contributed by atoms with Crippen molar-refractivity contribution in [3.05, 3.63) is 29.8 Å². The van der Waals surface area contributed by atoms with Crippen LogP contribution in [0.3, 0.4) is 0 Å². The molecule has 0 saturated carbocycles. The van der Waals surface area contributed by atoms with Crippen molar-refractivity contribution in [2.24, 2.45) is 5.73 Å². The lowest BCUT2D eigenvalue weighted by atomic mass is 9.98. The second-order valence-corrected chi connectivity index (χ2v) is 4.84. The van der Waals surface area contributed by atoms with Gasteiger partial charge in [-0.25, -0.2) is 0 Å². The lowest BCUT2D eigenvalue weighted by Crippen LogP contribution is -2.41. The van der Waals surface area contributed by atoms with E-state index in [9.17, 15) is 5.11 Å². The molecule has 4 heteroatoms. The summed E-state index contributed by atoms with van der Waals surface area (Å²) in [7, 11) is 1.66. The number of ether oxygens (including phenoxy) is 1. The van der Waals surface area contributed by atoms with Crippen LogP contribution in [0.15, 0.2) is 24.3 Å². The van der Waals surface area contributed by atoms with E-state index in [1.54, 1.807) is 7.11 Å². The second-order valence-electron chi connectivity index (χ2n) is 4.84. The molecule has 0 heterocycles. The Balaban J connectivity index is 3.02. The molecule has 0 bridgehead atoms. The SMILES string of the molecule is CCCN(CCO)C(c1cccc(OC)c1)C(C)N. The Morgan fingerprint density at radius 2 is 2.11 bits per heavy atom. The van der Waals surface area contributed by atoms with Crippen LogP contribution in [0.5, 0.6) is 5.75 Å². The van der Waals surface area contributed by atoms with Gasteiger partial charge in [-0.15, -0.1) is 0 Å². The fourth-order valence-corrected chi connectivity index (χ4v) is 2.48. The molecule has 0 aliphatic heterocycles. The van der Waals surface area contributed by atoms with E-state index in [0.717, 1.165) is 24.3 Å². The minimum Gasteiger partial charge on any atom is -0.497 e. The number of hydrogen-bond donors (Lipinski definition) is 2. The Kier molecular flexibility index (Phi) is 6.84. The minimum atomic E-state index is -0.00907. The molecule has 1 aromatic rings. The van der Waals surface area contributed by atoms with Crippen molar-refractivity contribution in [2.75, 3.05) is 26.8 Å². The van der Waals surface area contributed by atoms with Crippen molar-refractivity contribution in [1.29, 1.82) is 0 Å². The number of rotatable bonds is 8. The quantitative estimate of drug-likeness (QED) is 0.753. The lowest BCUT2D eigenvalue weighted by molar-refractivity contribution is 0.137. The molecule has 1 rings (SSSR count). The molecular weight excluding hydrogens is 240 g/mol. The van der Waals surface area contributed by atoms with Gasteiger partial charge in [-0.3, -0.25) is 4.90 Å². The summed E-state index contributed by atoms with van der Waals surface area (Å²) in [6, 6.07) is 8.09. The molecule has 19 heavy (non-hydrogen) atoms. The zero-order valence-electron chi connectivity index (χ0n) is 12.2. The van der Waals surface area contributed by atoms with E-state index in [1.165, 1.54) is 0 Å². The number of aliphatic hydroxyl groups is 1. The smallest absolute Gasteiger partial charge is 0.119 e. The van der Waals surface area contributed by atoms with Crippen LogP contribution in [-0.4, -0.2) is 42.9 Å². The van der Waals surface area contributed by atoms with Crippen molar-refractivity contribution in [3.63, 3.8) is 0 Å². The molecule has 0 spiro atoms. The van der Waals surface area contributed by atoms with Crippen LogP contribution in [0, 0.1) is 0 Å². The van der Waals surface area contributed by atoms with Gasteiger partial charge in [0.1, 0.15) is 5.75 Å². The maximum Gasteiger partial charge on any atom is 0.119 e. The first-order valence-corrected chi connectivity index (χ1v) is 6.88. The number of nitrogens with two attached hydrogens (primary N) is 1. The zero-order valence-corrected chi connectivity index (χ0v) is 12.2. The fraction of sp³-hybridized carbons (Fsp3) is 0.600. The van der Waals surface area contributed by atoms with Gasteiger partial charge in [0.05, 0.1) is 13.7 Å². The average Bonchev–Trinajstić information content (AvgIpc) is 2.39. The first-order chi connectivity index (χ1) is 9.13. The van der Waals surface area contributed by atoms with Crippen LogP contribution in [0.2, 0.25) is 0 Å². The lowest BCUT2D eigenvalue weighted by Gasteiger charge is -2.34. The molecule has 0 aliphatic rings. The first kappa shape index (κ1) is 16.0. The van der Waals surface area contributed by atoms with Gasteiger partial charge in [0.15, 0.2) is 0 Å². The van der Waals surface area contributed by atoms with Crippen LogP contribution in [0.25, 0.3) is 0 Å².